The molecular formula is C54H34. The normalized spacial score (nSPS) is 12.0. The van der Waals surface area contributed by atoms with Gasteiger partial charge in [-0.05, 0) is 110 Å². The highest BCUT2D eigenvalue weighted by Crippen LogP contribution is 2.52. The number of fused-ring (bicyclic) bond motifs is 6. The molecule has 0 atom stereocenters. The smallest absolute Gasteiger partial charge is 0.00201 e. The number of hydrogen-bond acceptors (Lipinski definition) is 0. The van der Waals surface area contributed by atoms with Crippen LogP contribution in [0.15, 0.2) is 194 Å². The van der Waals surface area contributed by atoms with Crippen molar-refractivity contribution < 1.29 is 0 Å². The van der Waals surface area contributed by atoms with Gasteiger partial charge in [-0.2, -0.15) is 0 Å². The van der Waals surface area contributed by atoms with Crippen molar-refractivity contribution in [2.24, 2.45) is 0 Å². The second-order valence-electron chi connectivity index (χ2n) is 14.3. The zero-order chi connectivity index (χ0) is 35.6. The van der Waals surface area contributed by atoms with Crippen LogP contribution in [0, 0.1) is 0 Å². The molecule has 0 radical (unpaired) electrons. The van der Waals surface area contributed by atoms with Crippen LogP contribution in [-0.2, 0) is 0 Å². The molecule has 0 bridgehead atoms. The standard InChI is InChI=1S/C54H34/c1-2-13-36(14-3-1)37-28-25-35(26-29-37)27-30-38-31-32-49(40-16-5-4-15-39(38)40)53-44-19-8-10-21-46(44)54(47-22-11-9-20-45(47)53)51-34-33-50-42-18-7-6-17-41(42)43-23-12-24-48(51)52(43)50/h1-34H. The molecule has 11 rings (SSSR count). The second-order valence-corrected chi connectivity index (χ2v) is 14.3. The van der Waals surface area contributed by atoms with Gasteiger partial charge in [-0.25, -0.2) is 0 Å². The Kier molecular flexibility index (Phi) is 6.97. The molecular weight excluding hydrogens is 649 g/mol. The van der Waals surface area contributed by atoms with Gasteiger partial charge < -0.3 is 0 Å². The van der Waals surface area contributed by atoms with Crippen LogP contribution in [0.3, 0.4) is 0 Å². The van der Waals surface area contributed by atoms with Gasteiger partial charge in [0.1, 0.15) is 0 Å². The molecule has 0 heterocycles. The molecule has 0 heteroatoms. The first-order valence-corrected chi connectivity index (χ1v) is 18.8. The highest BCUT2D eigenvalue weighted by atomic mass is 14.3. The molecule has 1 aliphatic rings. The summed E-state index contributed by atoms with van der Waals surface area (Å²) >= 11 is 0. The molecule has 0 unspecified atom stereocenters. The summed E-state index contributed by atoms with van der Waals surface area (Å²) in [4.78, 5) is 0. The van der Waals surface area contributed by atoms with Gasteiger partial charge in [-0.3, -0.25) is 0 Å². The third kappa shape index (κ3) is 4.71. The molecule has 54 heavy (non-hydrogen) atoms. The minimum Gasteiger partial charge on any atom is -0.0622 e. The van der Waals surface area contributed by atoms with Crippen LogP contribution in [0.2, 0.25) is 0 Å². The highest BCUT2D eigenvalue weighted by molar-refractivity contribution is 6.27. The first-order valence-electron chi connectivity index (χ1n) is 18.8. The Morgan fingerprint density at radius 1 is 0.241 bits per heavy atom. The number of rotatable bonds is 5. The molecule has 1 aliphatic carbocycles. The van der Waals surface area contributed by atoms with E-state index in [4.69, 9.17) is 0 Å². The molecule has 0 aromatic heterocycles. The monoisotopic (exact) mass is 682 g/mol. The summed E-state index contributed by atoms with van der Waals surface area (Å²) in [7, 11) is 0. The summed E-state index contributed by atoms with van der Waals surface area (Å²) in [6, 6.07) is 71.3. The van der Waals surface area contributed by atoms with Gasteiger partial charge in [0.25, 0.3) is 0 Å². The van der Waals surface area contributed by atoms with Crippen molar-refractivity contribution in [3.8, 4) is 55.6 Å². The first-order chi connectivity index (χ1) is 26.8. The third-order valence-corrected chi connectivity index (χ3v) is 11.4. The lowest BCUT2D eigenvalue weighted by molar-refractivity contribution is 1.60. The van der Waals surface area contributed by atoms with E-state index in [1.54, 1.807) is 0 Å². The van der Waals surface area contributed by atoms with E-state index >= 15 is 0 Å². The van der Waals surface area contributed by atoms with Crippen LogP contribution in [0.1, 0.15) is 11.1 Å². The second kappa shape index (κ2) is 12.3. The van der Waals surface area contributed by atoms with Crippen molar-refractivity contribution in [2.45, 2.75) is 0 Å². The van der Waals surface area contributed by atoms with Crippen LogP contribution in [0.25, 0.3) is 111 Å². The molecule has 0 spiro atoms. The molecule has 0 fully saturated rings. The summed E-state index contributed by atoms with van der Waals surface area (Å²) in [5, 5.41) is 10.2. The molecule has 0 amide bonds. The van der Waals surface area contributed by atoms with Crippen molar-refractivity contribution >= 4 is 55.2 Å². The zero-order valence-corrected chi connectivity index (χ0v) is 29.6. The Bertz CT molecular complexity index is 3040. The lowest BCUT2D eigenvalue weighted by Crippen LogP contribution is -1.93. The molecule has 10 aromatic carbocycles. The van der Waals surface area contributed by atoms with E-state index < -0.39 is 0 Å². The van der Waals surface area contributed by atoms with Crippen molar-refractivity contribution in [2.75, 3.05) is 0 Å². The van der Waals surface area contributed by atoms with E-state index in [0.717, 1.165) is 0 Å². The SMILES string of the molecule is C(=Cc1ccc(-c2c3ccccc3c(-c3ccc4c5c(cccc35)-c3ccccc3-4)c3ccccc23)c2ccccc12)c1ccc(-c2ccccc2)cc1. The van der Waals surface area contributed by atoms with Gasteiger partial charge in [0.2, 0.25) is 0 Å². The fourth-order valence-corrected chi connectivity index (χ4v) is 9.02. The van der Waals surface area contributed by atoms with Crippen LogP contribution in [-0.4, -0.2) is 0 Å². The highest BCUT2D eigenvalue weighted by Gasteiger charge is 2.24. The molecule has 0 N–H and O–H groups in total. The average molecular weight is 683 g/mol. The summed E-state index contributed by atoms with van der Waals surface area (Å²) in [6.07, 6.45) is 4.49. The lowest BCUT2D eigenvalue weighted by Gasteiger charge is -2.20. The fraction of sp³-hybridized carbons (Fsp3) is 0. The van der Waals surface area contributed by atoms with Crippen LogP contribution < -0.4 is 0 Å². The number of benzene rings is 10. The van der Waals surface area contributed by atoms with Crippen LogP contribution in [0.5, 0.6) is 0 Å². The predicted octanol–water partition coefficient (Wildman–Crippen LogP) is 15.1. The Labute approximate surface area is 314 Å². The lowest BCUT2D eigenvalue weighted by atomic mass is 9.83. The largest absolute Gasteiger partial charge is 0.0622 e. The summed E-state index contributed by atoms with van der Waals surface area (Å²) in [6.45, 7) is 0. The van der Waals surface area contributed by atoms with Crippen molar-refractivity contribution in [1.82, 2.24) is 0 Å². The van der Waals surface area contributed by atoms with Gasteiger partial charge in [0.15, 0.2) is 0 Å². The van der Waals surface area contributed by atoms with Crippen LogP contribution in [0.4, 0.5) is 0 Å². The topological polar surface area (TPSA) is 0 Å². The van der Waals surface area contributed by atoms with Crippen molar-refractivity contribution in [1.29, 1.82) is 0 Å². The molecule has 0 nitrogen and oxygen atoms in total. The van der Waals surface area contributed by atoms with E-state index in [-0.39, 0.29) is 0 Å². The Hall–Kier alpha value is -7.02. The maximum atomic E-state index is 2.36. The maximum Gasteiger partial charge on any atom is -0.00201 e. The quantitative estimate of drug-likeness (QED) is 0.125. The summed E-state index contributed by atoms with van der Waals surface area (Å²) in [5.74, 6) is 0. The predicted molar refractivity (Wildman–Crippen MR) is 233 cm³/mol. The minimum atomic E-state index is 1.18. The van der Waals surface area contributed by atoms with Crippen molar-refractivity contribution in [3.05, 3.63) is 205 Å². The van der Waals surface area contributed by atoms with Gasteiger partial charge >= 0.3 is 0 Å². The summed E-state index contributed by atoms with van der Waals surface area (Å²) in [5.41, 5.74) is 15.3. The zero-order valence-electron chi connectivity index (χ0n) is 29.6. The average Bonchev–Trinajstić information content (AvgIpc) is 3.57. The molecule has 250 valence electrons. The fourth-order valence-electron chi connectivity index (χ4n) is 9.02. The molecule has 0 aliphatic heterocycles. The van der Waals surface area contributed by atoms with Crippen LogP contribution >= 0.6 is 0 Å². The number of hydrogen-bond donors (Lipinski definition) is 0. The van der Waals surface area contributed by atoms with E-state index in [1.165, 1.54) is 110 Å². The molecule has 0 saturated carbocycles. The van der Waals surface area contributed by atoms with E-state index in [1.807, 2.05) is 0 Å². The van der Waals surface area contributed by atoms with E-state index in [9.17, 15) is 0 Å². The van der Waals surface area contributed by atoms with Gasteiger partial charge in [-0.15, -0.1) is 0 Å². The van der Waals surface area contributed by atoms with Gasteiger partial charge in [0, 0.05) is 0 Å². The maximum absolute atomic E-state index is 2.36. The van der Waals surface area contributed by atoms with Gasteiger partial charge in [0.05, 0.1) is 0 Å². The minimum absolute atomic E-state index is 1.18. The molecule has 10 aromatic rings. The van der Waals surface area contributed by atoms with E-state index in [2.05, 4.69) is 206 Å². The molecule has 0 saturated heterocycles. The Balaban J connectivity index is 1.09. The first kappa shape index (κ1) is 30.6. The van der Waals surface area contributed by atoms with E-state index in [0.29, 0.717) is 0 Å². The Morgan fingerprint density at radius 2 is 0.685 bits per heavy atom. The summed E-state index contributed by atoms with van der Waals surface area (Å²) < 4.78 is 0. The Morgan fingerprint density at radius 3 is 1.33 bits per heavy atom. The van der Waals surface area contributed by atoms with Crippen molar-refractivity contribution in [3.63, 3.8) is 0 Å². The third-order valence-electron chi connectivity index (χ3n) is 11.4. The van der Waals surface area contributed by atoms with Gasteiger partial charge in [-0.1, -0.05) is 206 Å².